The normalized spacial score (nSPS) is 15.2. The van der Waals surface area contributed by atoms with Crippen molar-refractivity contribution in [3.8, 4) is 0 Å². The van der Waals surface area contributed by atoms with E-state index in [9.17, 15) is 0 Å². The van der Waals surface area contributed by atoms with E-state index in [1.165, 1.54) is 0 Å². The number of rotatable bonds is 4. The Balaban J connectivity index is 3.73. The summed E-state index contributed by atoms with van der Waals surface area (Å²) in [6, 6.07) is 0.240. The van der Waals surface area contributed by atoms with Gasteiger partial charge in [0.15, 0.2) is 0 Å². The molecule has 0 aliphatic carbocycles. The van der Waals surface area contributed by atoms with Crippen molar-refractivity contribution in [2.75, 3.05) is 13.2 Å². The molecule has 0 aromatic heterocycles. The molecule has 1 atom stereocenters. The Labute approximate surface area is 76.4 Å². The highest BCUT2D eigenvalue weighted by Gasteiger charge is 2.15. The third-order valence-electron chi connectivity index (χ3n) is 1.90. The highest BCUT2D eigenvalue weighted by molar-refractivity contribution is 4.73. The van der Waals surface area contributed by atoms with Crippen molar-refractivity contribution in [1.29, 1.82) is 0 Å². The second-order valence-corrected chi connectivity index (χ2v) is 4.97. The molecule has 0 aliphatic rings. The Morgan fingerprint density at radius 2 is 1.75 bits per heavy atom. The maximum atomic E-state index is 9.03. The van der Waals surface area contributed by atoms with Crippen LogP contribution in [0.3, 0.4) is 0 Å². The zero-order valence-corrected chi connectivity index (χ0v) is 9.02. The summed E-state index contributed by atoms with van der Waals surface area (Å²) in [5.74, 6) is 0.498. The second-order valence-electron chi connectivity index (χ2n) is 4.97. The van der Waals surface area contributed by atoms with Crippen molar-refractivity contribution in [3.63, 3.8) is 0 Å². The maximum Gasteiger partial charge on any atom is 0.0587 e. The van der Waals surface area contributed by atoms with Crippen LogP contribution in [0.15, 0.2) is 0 Å². The molecule has 2 N–H and O–H groups in total. The minimum atomic E-state index is 0.230. The van der Waals surface area contributed by atoms with Gasteiger partial charge in [-0.05, 0) is 11.3 Å². The quantitative estimate of drug-likeness (QED) is 0.677. The zero-order chi connectivity index (χ0) is 9.78. The molecular weight excluding hydrogens is 150 g/mol. The third-order valence-corrected chi connectivity index (χ3v) is 1.90. The molecule has 0 rings (SSSR count). The average molecular weight is 173 g/mol. The molecule has 0 radical (unpaired) electrons. The molecule has 2 nitrogen and oxygen atoms in total. The predicted molar refractivity (Wildman–Crippen MR) is 53.2 cm³/mol. The summed E-state index contributed by atoms with van der Waals surface area (Å²) < 4.78 is 0. The minimum Gasteiger partial charge on any atom is -0.395 e. The van der Waals surface area contributed by atoms with Crippen LogP contribution < -0.4 is 5.32 Å². The molecule has 0 saturated heterocycles. The Morgan fingerprint density at radius 3 is 2.00 bits per heavy atom. The summed E-state index contributed by atoms with van der Waals surface area (Å²) in [5, 5.41) is 12.4. The van der Waals surface area contributed by atoms with Gasteiger partial charge in [0, 0.05) is 12.6 Å². The van der Waals surface area contributed by atoms with Gasteiger partial charge < -0.3 is 10.4 Å². The van der Waals surface area contributed by atoms with Gasteiger partial charge in [-0.15, -0.1) is 0 Å². The van der Waals surface area contributed by atoms with E-state index in [1.807, 2.05) is 0 Å². The maximum absolute atomic E-state index is 9.03. The van der Waals surface area contributed by atoms with Gasteiger partial charge in [-0.1, -0.05) is 34.6 Å². The van der Waals surface area contributed by atoms with Crippen LogP contribution in [0, 0.1) is 11.3 Å². The first-order valence-electron chi connectivity index (χ1n) is 4.71. The highest BCUT2D eigenvalue weighted by atomic mass is 16.3. The Hall–Kier alpha value is -0.0800. The smallest absolute Gasteiger partial charge is 0.0587 e. The van der Waals surface area contributed by atoms with Crippen molar-refractivity contribution in [2.45, 2.75) is 40.7 Å². The van der Waals surface area contributed by atoms with Crippen LogP contribution in [0.1, 0.15) is 34.6 Å². The van der Waals surface area contributed by atoms with Crippen molar-refractivity contribution in [1.82, 2.24) is 5.32 Å². The summed E-state index contributed by atoms with van der Waals surface area (Å²) in [6.07, 6.45) is 0. The van der Waals surface area contributed by atoms with E-state index in [4.69, 9.17) is 5.11 Å². The van der Waals surface area contributed by atoms with Crippen LogP contribution in [-0.4, -0.2) is 24.3 Å². The minimum absolute atomic E-state index is 0.230. The highest BCUT2D eigenvalue weighted by Crippen LogP contribution is 2.12. The summed E-state index contributed by atoms with van der Waals surface area (Å²) in [4.78, 5) is 0. The van der Waals surface area contributed by atoms with E-state index in [1.54, 1.807) is 0 Å². The fraction of sp³-hybridized carbons (Fsp3) is 1.00. The Kier molecular flexibility index (Phi) is 4.80. The van der Waals surface area contributed by atoms with Gasteiger partial charge in [-0.25, -0.2) is 0 Å². The van der Waals surface area contributed by atoms with Crippen molar-refractivity contribution >= 4 is 0 Å². The molecule has 2 heteroatoms. The Bertz CT molecular complexity index is 115. The zero-order valence-electron chi connectivity index (χ0n) is 9.02. The number of hydrogen-bond donors (Lipinski definition) is 2. The first-order valence-corrected chi connectivity index (χ1v) is 4.71. The van der Waals surface area contributed by atoms with E-state index in [2.05, 4.69) is 39.9 Å². The molecular formula is C10H23NO. The van der Waals surface area contributed by atoms with Crippen molar-refractivity contribution in [2.24, 2.45) is 11.3 Å². The van der Waals surface area contributed by atoms with Crippen LogP contribution in [0.2, 0.25) is 0 Å². The number of nitrogens with one attached hydrogen (secondary N) is 1. The molecule has 0 bridgehead atoms. The molecule has 0 aromatic rings. The van der Waals surface area contributed by atoms with Crippen LogP contribution in [0.4, 0.5) is 0 Å². The van der Waals surface area contributed by atoms with E-state index >= 15 is 0 Å². The van der Waals surface area contributed by atoms with Crippen LogP contribution in [0.5, 0.6) is 0 Å². The van der Waals surface area contributed by atoms with Crippen molar-refractivity contribution in [3.05, 3.63) is 0 Å². The van der Waals surface area contributed by atoms with E-state index in [0.717, 1.165) is 6.54 Å². The summed E-state index contributed by atoms with van der Waals surface area (Å²) in [6.45, 7) is 12.0. The first kappa shape index (κ1) is 11.9. The van der Waals surface area contributed by atoms with Gasteiger partial charge >= 0.3 is 0 Å². The Morgan fingerprint density at radius 1 is 1.25 bits per heavy atom. The van der Waals surface area contributed by atoms with E-state index in [0.29, 0.717) is 11.3 Å². The van der Waals surface area contributed by atoms with Crippen LogP contribution in [-0.2, 0) is 0 Å². The lowest BCUT2D eigenvalue weighted by Crippen LogP contribution is -2.41. The summed E-state index contributed by atoms with van der Waals surface area (Å²) in [5.41, 5.74) is 0.294. The molecule has 0 aromatic carbocycles. The molecule has 0 unspecified atom stereocenters. The lowest BCUT2D eigenvalue weighted by molar-refractivity contribution is 0.197. The lowest BCUT2D eigenvalue weighted by Gasteiger charge is -2.25. The number of aliphatic hydroxyl groups excluding tert-OH is 1. The van der Waals surface area contributed by atoms with Gasteiger partial charge in [-0.3, -0.25) is 0 Å². The molecule has 0 amide bonds. The molecule has 74 valence electrons. The lowest BCUT2D eigenvalue weighted by atomic mass is 9.95. The molecule has 0 heterocycles. The molecule has 12 heavy (non-hydrogen) atoms. The largest absolute Gasteiger partial charge is 0.395 e. The monoisotopic (exact) mass is 173 g/mol. The number of hydrogen-bond acceptors (Lipinski definition) is 2. The molecule has 0 spiro atoms. The van der Waals surface area contributed by atoms with Gasteiger partial charge in [0.05, 0.1) is 6.61 Å². The van der Waals surface area contributed by atoms with Crippen LogP contribution >= 0.6 is 0 Å². The van der Waals surface area contributed by atoms with E-state index in [-0.39, 0.29) is 12.6 Å². The molecule has 0 saturated carbocycles. The first-order chi connectivity index (χ1) is 5.37. The predicted octanol–water partition coefficient (Wildman–Crippen LogP) is 1.64. The average Bonchev–Trinajstić information content (AvgIpc) is 1.85. The fourth-order valence-corrected chi connectivity index (χ4v) is 0.948. The number of aliphatic hydroxyl groups is 1. The molecule has 0 fully saturated rings. The van der Waals surface area contributed by atoms with Gasteiger partial charge in [0.2, 0.25) is 0 Å². The third kappa shape index (κ3) is 5.56. The summed E-state index contributed by atoms with van der Waals surface area (Å²) in [7, 11) is 0. The molecule has 0 aliphatic heterocycles. The summed E-state index contributed by atoms with van der Waals surface area (Å²) >= 11 is 0. The van der Waals surface area contributed by atoms with Crippen molar-refractivity contribution < 1.29 is 5.11 Å². The second kappa shape index (κ2) is 4.83. The van der Waals surface area contributed by atoms with Gasteiger partial charge in [0.1, 0.15) is 0 Å². The van der Waals surface area contributed by atoms with E-state index < -0.39 is 0 Å². The fourth-order valence-electron chi connectivity index (χ4n) is 0.948. The van der Waals surface area contributed by atoms with Gasteiger partial charge in [-0.2, -0.15) is 0 Å². The SMILES string of the molecule is CC(C)[C@H](CO)NCC(C)(C)C. The standard InChI is InChI=1S/C10H23NO/c1-8(2)9(6-12)11-7-10(3,4)5/h8-9,11-12H,6-7H2,1-5H3/t9-/m0/s1. The van der Waals surface area contributed by atoms with Gasteiger partial charge in [0.25, 0.3) is 0 Å². The topological polar surface area (TPSA) is 32.3 Å². The van der Waals surface area contributed by atoms with Crippen LogP contribution in [0.25, 0.3) is 0 Å².